The fourth-order valence-corrected chi connectivity index (χ4v) is 4.15. The first-order valence-corrected chi connectivity index (χ1v) is 8.14. The largest absolute Gasteiger partial charge is 0.396 e. The zero-order chi connectivity index (χ0) is 15.8. The van der Waals surface area contributed by atoms with Crippen molar-refractivity contribution >= 4 is 27.3 Å². The average molecular weight is 335 g/mol. The van der Waals surface area contributed by atoms with Crippen LogP contribution in [0.3, 0.4) is 0 Å². The monoisotopic (exact) mass is 334 g/mol. The highest BCUT2D eigenvalue weighted by Crippen LogP contribution is 2.32. The smallest absolute Gasteiger partial charge is 0.275 e. The van der Waals surface area contributed by atoms with Crippen molar-refractivity contribution in [2.45, 2.75) is 18.2 Å². The normalized spacial score (nSPS) is 19.9. The Morgan fingerprint density at radius 1 is 1.52 bits per heavy atom. The van der Waals surface area contributed by atoms with E-state index in [1.165, 1.54) is 17.3 Å². The van der Waals surface area contributed by atoms with E-state index < -0.39 is 14.9 Å². The van der Waals surface area contributed by atoms with Crippen LogP contribution >= 0.6 is 11.6 Å². The number of nitro benzene ring substituents is 1. The molecule has 0 radical (unpaired) electrons. The molecular formula is C12H15ClN2O5S. The minimum absolute atomic E-state index is 0.0423. The highest BCUT2D eigenvalue weighted by atomic mass is 35.5. The summed E-state index contributed by atoms with van der Waals surface area (Å²) in [5.41, 5.74) is -0.0887. The van der Waals surface area contributed by atoms with E-state index in [4.69, 9.17) is 16.7 Å². The van der Waals surface area contributed by atoms with Crippen LogP contribution in [0.1, 0.15) is 12.0 Å². The van der Waals surface area contributed by atoms with Crippen molar-refractivity contribution < 1.29 is 18.4 Å². The topological polar surface area (TPSA) is 101 Å². The Morgan fingerprint density at radius 3 is 2.71 bits per heavy atom. The first-order valence-electron chi connectivity index (χ1n) is 6.33. The number of nitro groups is 1. The molecule has 1 aliphatic heterocycles. The lowest BCUT2D eigenvalue weighted by Gasteiger charge is -2.16. The van der Waals surface area contributed by atoms with E-state index in [1.54, 1.807) is 0 Å². The van der Waals surface area contributed by atoms with Crippen molar-refractivity contribution in [3.05, 3.63) is 32.8 Å². The highest BCUT2D eigenvalue weighted by molar-refractivity contribution is 7.89. The van der Waals surface area contributed by atoms with E-state index >= 15 is 0 Å². The Hall–Kier alpha value is -1.22. The molecule has 116 valence electrons. The quantitative estimate of drug-likeness (QED) is 0.665. The Morgan fingerprint density at radius 2 is 2.19 bits per heavy atom. The molecule has 1 aromatic rings. The number of sulfonamides is 1. The van der Waals surface area contributed by atoms with Crippen LogP contribution < -0.4 is 0 Å². The van der Waals surface area contributed by atoms with Gasteiger partial charge in [-0.15, -0.1) is 0 Å². The molecule has 1 heterocycles. The van der Waals surface area contributed by atoms with Crippen LogP contribution in [0.15, 0.2) is 17.0 Å². The number of nitrogens with zero attached hydrogens (tertiary/aromatic N) is 2. The fourth-order valence-electron chi connectivity index (χ4n) is 2.29. The SMILES string of the molecule is Cc1c(Cl)cc(S(=O)(=O)N2CCC(CO)C2)cc1[N+](=O)[O-]. The molecule has 0 spiro atoms. The van der Waals surface area contributed by atoms with Crippen LogP contribution in [0.4, 0.5) is 5.69 Å². The van der Waals surface area contributed by atoms with Crippen molar-refractivity contribution in [3.8, 4) is 0 Å². The van der Waals surface area contributed by atoms with E-state index in [-0.39, 0.29) is 46.8 Å². The molecule has 0 bridgehead atoms. The molecule has 0 saturated carbocycles. The second-order valence-electron chi connectivity index (χ2n) is 5.01. The van der Waals surface area contributed by atoms with Crippen LogP contribution in [0.25, 0.3) is 0 Å². The average Bonchev–Trinajstić information content (AvgIpc) is 2.90. The van der Waals surface area contributed by atoms with Gasteiger partial charge in [-0.3, -0.25) is 10.1 Å². The molecule has 7 nitrogen and oxygen atoms in total. The second kappa shape index (κ2) is 5.88. The predicted molar refractivity (Wildman–Crippen MR) is 76.8 cm³/mol. The van der Waals surface area contributed by atoms with Gasteiger partial charge in [-0.1, -0.05) is 11.6 Å². The lowest BCUT2D eigenvalue weighted by Crippen LogP contribution is -2.29. The third-order valence-electron chi connectivity index (χ3n) is 3.63. The summed E-state index contributed by atoms with van der Waals surface area (Å²) in [7, 11) is -3.84. The summed E-state index contributed by atoms with van der Waals surface area (Å²) in [5.74, 6) is -0.101. The van der Waals surface area contributed by atoms with Crippen LogP contribution in [0, 0.1) is 23.0 Å². The minimum Gasteiger partial charge on any atom is -0.396 e. The zero-order valence-electron chi connectivity index (χ0n) is 11.3. The Labute approximate surface area is 127 Å². The molecule has 21 heavy (non-hydrogen) atoms. The molecular weight excluding hydrogens is 320 g/mol. The summed E-state index contributed by atoms with van der Waals surface area (Å²) in [5, 5.41) is 20.1. The van der Waals surface area contributed by atoms with Crippen LogP contribution in [0.2, 0.25) is 5.02 Å². The van der Waals surface area contributed by atoms with E-state index in [9.17, 15) is 18.5 Å². The van der Waals surface area contributed by atoms with Crippen molar-refractivity contribution in [2.75, 3.05) is 19.7 Å². The van der Waals surface area contributed by atoms with Gasteiger partial charge in [-0.2, -0.15) is 4.31 Å². The maximum atomic E-state index is 12.5. The Balaban J connectivity index is 2.44. The van der Waals surface area contributed by atoms with E-state index in [0.29, 0.717) is 6.42 Å². The molecule has 1 fully saturated rings. The molecule has 1 unspecified atom stereocenters. The molecule has 0 amide bonds. The van der Waals surface area contributed by atoms with Gasteiger partial charge in [-0.25, -0.2) is 8.42 Å². The molecule has 2 rings (SSSR count). The third-order valence-corrected chi connectivity index (χ3v) is 5.87. The molecule has 1 N–H and O–H groups in total. The lowest BCUT2D eigenvalue weighted by atomic mass is 10.1. The predicted octanol–water partition coefficient (Wildman–Crippen LogP) is 1.56. The van der Waals surface area contributed by atoms with Crippen molar-refractivity contribution in [1.29, 1.82) is 0 Å². The van der Waals surface area contributed by atoms with E-state index in [0.717, 1.165) is 6.07 Å². The molecule has 1 atom stereocenters. The number of hydrogen-bond donors (Lipinski definition) is 1. The maximum absolute atomic E-state index is 12.5. The van der Waals surface area contributed by atoms with Gasteiger partial charge in [0.1, 0.15) is 0 Å². The number of aliphatic hydroxyl groups excluding tert-OH is 1. The Kier molecular flexibility index (Phi) is 4.52. The van der Waals surface area contributed by atoms with Gasteiger partial charge in [0.15, 0.2) is 0 Å². The van der Waals surface area contributed by atoms with Crippen molar-refractivity contribution in [3.63, 3.8) is 0 Å². The van der Waals surface area contributed by atoms with Gasteiger partial charge in [0.05, 0.1) is 14.8 Å². The number of rotatable bonds is 4. The summed E-state index contributed by atoms with van der Waals surface area (Å²) in [4.78, 5) is 10.1. The van der Waals surface area contributed by atoms with E-state index in [2.05, 4.69) is 0 Å². The molecule has 1 aliphatic rings. The minimum atomic E-state index is -3.84. The highest BCUT2D eigenvalue weighted by Gasteiger charge is 2.33. The summed E-state index contributed by atoms with van der Waals surface area (Å²) >= 11 is 5.90. The first kappa shape index (κ1) is 16.2. The number of benzene rings is 1. The van der Waals surface area contributed by atoms with Crippen molar-refractivity contribution in [2.24, 2.45) is 5.92 Å². The van der Waals surface area contributed by atoms with Crippen molar-refractivity contribution in [1.82, 2.24) is 4.31 Å². The fraction of sp³-hybridized carbons (Fsp3) is 0.500. The van der Waals surface area contributed by atoms with Crippen LogP contribution in [-0.4, -0.2) is 42.4 Å². The summed E-state index contributed by atoms with van der Waals surface area (Å²) < 4.78 is 26.2. The molecule has 0 aliphatic carbocycles. The van der Waals surface area contributed by atoms with Gasteiger partial charge in [0, 0.05) is 31.3 Å². The summed E-state index contributed by atoms with van der Waals surface area (Å²) in [6.45, 7) is 1.88. The lowest BCUT2D eigenvalue weighted by molar-refractivity contribution is -0.385. The van der Waals surface area contributed by atoms with Gasteiger partial charge in [-0.05, 0) is 25.3 Å². The van der Waals surface area contributed by atoms with Gasteiger partial charge in [0.25, 0.3) is 5.69 Å². The Bertz CT molecular complexity index is 676. The zero-order valence-corrected chi connectivity index (χ0v) is 12.9. The molecule has 1 saturated heterocycles. The second-order valence-corrected chi connectivity index (χ2v) is 7.35. The third kappa shape index (κ3) is 3.03. The number of hydrogen-bond acceptors (Lipinski definition) is 5. The van der Waals surface area contributed by atoms with Gasteiger partial charge < -0.3 is 5.11 Å². The molecule has 0 aromatic heterocycles. The maximum Gasteiger partial charge on any atom is 0.275 e. The van der Waals surface area contributed by atoms with Gasteiger partial charge >= 0.3 is 0 Å². The summed E-state index contributed by atoms with van der Waals surface area (Å²) in [6, 6.07) is 2.26. The standard InChI is InChI=1S/C12H15ClN2O5S/c1-8-11(13)4-10(5-12(8)15(17)18)21(19,20)14-3-2-9(6-14)7-16/h4-5,9,16H,2-3,6-7H2,1H3. The first-order chi connectivity index (χ1) is 9.77. The molecule has 1 aromatic carbocycles. The number of halogens is 1. The van der Waals surface area contributed by atoms with Gasteiger partial charge in [0.2, 0.25) is 10.0 Å². The van der Waals surface area contributed by atoms with Crippen LogP contribution in [-0.2, 0) is 10.0 Å². The molecule has 9 heteroatoms. The van der Waals surface area contributed by atoms with Crippen LogP contribution in [0.5, 0.6) is 0 Å². The summed E-state index contributed by atoms with van der Waals surface area (Å²) in [6.07, 6.45) is 0.567. The van der Waals surface area contributed by atoms with E-state index in [1.807, 2.05) is 0 Å². The number of aliphatic hydroxyl groups is 1.